The first-order valence-corrected chi connectivity index (χ1v) is 19.7. The van der Waals surface area contributed by atoms with Gasteiger partial charge in [-0.1, -0.05) is 152 Å². The van der Waals surface area contributed by atoms with Gasteiger partial charge in [-0.2, -0.15) is 0 Å². The maximum Gasteiger partial charge on any atom is 0.160 e. The number of aromatic nitrogens is 3. The lowest BCUT2D eigenvalue weighted by atomic mass is 9.87. The Morgan fingerprint density at radius 2 is 0.741 bits per heavy atom. The maximum atomic E-state index is 5.39. The standard InChI is InChI=1S/C55H33N3/c1-2-8-34(9-3-1)35-18-23-40(24-19-35)55-57-49(42-14-4-13-41(30-42)36-26-28-56-29-27-36)33-50(58-55)44-31-43-25-22-39-11-6-16-46-45-15-5-10-37-20-21-38-12-7-17-47(53(38)51(37)45)48(32-44)54(43)52(39)46/h1-33H. The van der Waals surface area contributed by atoms with Gasteiger partial charge in [0.25, 0.3) is 0 Å². The lowest BCUT2D eigenvalue weighted by Crippen LogP contribution is -1.97. The zero-order valence-electron chi connectivity index (χ0n) is 31.4. The van der Waals surface area contributed by atoms with Crippen LogP contribution < -0.4 is 0 Å². The summed E-state index contributed by atoms with van der Waals surface area (Å²) in [6.45, 7) is 0. The molecule has 3 nitrogen and oxygen atoms in total. The minimum Gasteiger partial charge on any atom is -0.265 e. The Bertz CT molecular complexity index is 3530. The molecule has 0 N–H and O–H groups in total. The van der Waals surface area contributed by atoms with Crippen molar-refractivity contribution in [3.05, 3.63) is 200 Å². The second kappa shape index (κ2) is 12.9. The number of pyridine rings is 1. The van der Waals surface area contributed by atoms with E-state index in [-0.39, 0.29) is 0 Å². The molecule has 268 valence electrons. The average molecular weight is 736 g/mol. The minimum atomic E-state index is 0.686. The molecule has 0 atom stereocenters. The molecule has 0 amide bonds. The molecule has 2 aromatic heterocycles. The summed E-state index contributed by atoms with van der Waals surface area (Å²) in [4.78, 5) is 14.9. The van der Waals surface area contributed by atoms with E-state index in [2.05, 4.69) is 175 Å². The van der Waals surface area contributed by atoms with Crippen LogP contribution in [0, 0.1) is 0 Å². The topological polar surface area (TPSA) is 38.7 Å². The Kier molecular flexibility index (Phi) is 7.23. The quantitative estimate of drug-likeness (QED) is 0.165. The molecule has 0 saturated heterocycles. The van der Waals surface area contributed by atoms with Crippen LogP contribution in [-0.2, 0) is 0 Å². The molecule has 0 radical (unpaired) electrons. The third-order valence-electron chi connectivity index (χ3n) is 11.9. The predicted molar refractivity (Wildman–Crippen MR) is 243 cm³/mol. The molecular weight excluding hydrogens is 703 g/mol. The number of hydrogen-bond donors (Lipinski definition) is 0. The molecule has 2 heterocycles. The Morgan fingerprint density at radius 3 is 1.40 bits per heavy atom. The van der Waals surface area contributed by atoms with E-state index >= 15 is 0 Å². The van der Waals surface area contributed by atoms with Gasteiger partial charge in [0, 0.05) is 29.1 Å². The van der Waals surface area contributed by atoms with E-state index in [9.17, 15) is 0 Å². The van der Waals surface area contributed by atoms with E-state index < -0.39 is 0 Å². The third kappa shape index (κ3) is 5.18. The second-order valence-electron chi connectivity index (χ2n) is 15.2. The fourth-order valence-electron chi connectivity index (χ4n) is 9.15. The minimum absolute atomic E-state index is 0.686. The molecule has 0 aliphatic heterocycles. The molecule has 58 heavy (non-hydrogen) atoms. The number of hydrogen-bond acceptors (Lipinski definition) is 3. The Labute approximate surface area is 334 Å². The lowest BCUT2D eigenvalue weighted by Gasteiger charge is -2.17. The van der Waals surface area contributed by atoms with Crippen molar-refractivity contribution in [1.82, 2.24) is 15.0 Å². The van der Waals surface area contributed by atoms with Crippen molar-refractivity contribution < 1.29 is 0 Å². The maximum absolute atomic E-state index is 5.39. The molecule has 12 rings (SSSR count). The SMILES string of the molecule is c1ccc(-c2ccc(-c3nc(-c4cccc(-c5ccncc5)c4)cc(-c4cc5ccc6cccc7c8cccc9ccc%10cccc(c(c4)c5c67)c%10c98)n3)cc2)cc1. The molecule has 10 aromatic carbocycles. The van der Waals surface area contributed by atoms with Crippen LogP contribution in [0.15, 0.2) is 200 Å². The van der Waals surface area contributed by atoms with Gasteiger partial charge in [0.05, 0.1) is 11.4 Å². The zero-order valence-corrected chi connectivity index (χ0v) is 31.4. The van der Waals surface area contributed by atoms with Gasteiger partial charge in [0.2, 0.25) is 0 Å². The van der Waals surface area contributed by atoms with Gasteiger partial charge < -0.3 is 0 Å². The molecule has 3 heteroatoms. The molecular formula is C55H33N3. The van der Waals surface area contributed by atoms with Gasteiger partial charge in [-0.3, -0.25) is 4.98 Å². The van der Waals surface area contributed by atoms with Gasteiger partial charge >= 0.3 is 0 Å². The number of benzene rings is 9. The van der Waals surface area contributed by atoms with Crippen molar-refractivity contribution in [3.8, 4) is 56.2 Å². The highest BCUT2D eigenvalue weighted by Gasteiger charge is 2.18. The van der Waals surface area contributed by atoms with E-state index in [1.54, 1.807) is 0 Å². The Hall–Kier alpha value is -7.75. The summed E-state index contributed by atoms with van der Waals surface area (Å²) in [5.74, 6) is 0.686. The van der Waals surface area contributed by atoms with Crippen molar-refractivity contribution in [3.63, 3.8) is 0 Å². The molecule has 0 saturated carbocycles. The molecule has 0 fully saturated rings. The summed E-state index contributed by atoms with van der Waals surface area (Å²) in [7, 11) is 0. The monoisotopic (exact) mass is 735 g/mol. The number of nitrogens with zero attached hydrogens (tertiary/aromatic N) is 3. The molecule has 0 spiro atoms. The largest absolute Gasteiger partial charge is 0.265 e. The van der Waals surface area contributed by atoms with E-state index in [1.165, 1.54) is 70.2 Å². The van der Waals surface area contributed by atoms with Gasteiger partial charge in [-0.25, -0.2) is 9.97 Å². The molecule has 0 aliphatic rings. The summed E-state index contributed by atoms with van der Waals surface area (Å²) in [6, 6.07) is 68.0. The van der Waals surface area contributed by atoms with E-state index in [4.69, 9.17) is 9.97 Å². The third-order valence-corrected chi connectivity index (χ3v) is 11.9. The normalized spacial score (nSPS) is 11.8. The molecule has 0 bridgehead atoms. The van der Waals surface area contributed by atoms with E-state index in [0.717, 1.165) is 44.8 Å². The summed E-state index contributed by atoms with van der Waals surface area (Å²) in [6.07, 6.45) is 3.67. The van der Waals surface area contributed by atoms with Crippen LogP contribution >= 0.6 is 0 Å². The van der Waals surface area contributed by atoms with Crippen LogP contribution in [0.1, 0.15) is 0 Å². The summed E-state index contributed by atoms with van der Waals surface area (Å²) < 4.78 is 0. The predicted octanol–water partition coefficient (Wildman–Crippen LogP) is 14.6. The second-order valence-corrected chi connectivity index (χ2v) is 15.2. The molecule has 12 aromatic rings. The van der Waals surface area contributed by atoms with Gasteiger partial charge in [0.1, 0.15) is 0 Å². The van der Waals surface area contributed by atoms with E-state index in [1.807, 2.05) is 30.6 Å². The van der Waals surface area contributed by atoms with Crippen LogP contribution in [0.2, 0.25) is 0 Å². The van der Waals surface area contributed by atoms with Gasteiger partial charge in [-0.05, 0) is 123 Å². The number of fused-ring (bicyclic) bond motifs is 2. The van der Waals surface area contributed by atoms with Crippen LogP contribution in [0.4, 0.5) is 0 Å². The van der Waals surface area contributed by atoms with Crippen molar-refractivity contribution in [2.24, 2.45) is 0 Å². The summed E-state index contributed by atoms with van der Waals surface area (Å²) in [5.41, 5.74) is 9.34. The van der Waals surface area contributed by atoms with Crippen molar-refractivity contribution in [1.29, 1.82) is 0 Å². The average Bonchev–Trinajstić information content (AvgIpc) is 3.30. The number of rotatable bonds is 5. The first-order valence-electron chi connectivity index (χ1n) is 19.7. The molecule has 0 aliphatic carbocycles. The lowest BCUT2D eigenvalue weighted by molar-refractivity contribution is 1.18. The van der Waals surface area contributed by atoms with Crippen LogP contribution in [0.3, 0.4) is 0 Å². The Balaban J connectivity index is 1.15. The fraction of sp³-hybridized carbons (Fsp3) is 0. The van der Waals surface area contributed by atoms with Crippen LogP contribution in [0.5, 0.6) is 0 Å². The van der Waals surface area contributed by atoms with Crippen molar-refractivity contribution in [2.45, 2.75) is 0 Å². The highest BCUT2D eigenvalue weighted by atomic mass is 14.9. The highest BCUT2D eigenvalue weighted by Crippen LogP contribution is 2.44. The highest BCUT2D eigenvalue weighted by molar-refractivity contribution is 6.37. The van der Waals surface area contributed by atoms with Crippen LogP contribution in [-0.4, -0.2) is 15.0 Å². The first kappa shape index (κ1) is 32.5. The van der Waals surface area contributed by atoms with E-state index in [0.29, 0.717) is 5.82 Å². The summed E-state index contributed by atoms with van der Waals surface area (Å²) >= 11 is 0. The zero-order chi connectivity index (χ0) is 38.2. The fourth-order valence-corrected chi connectivity index (χ4v) is 9.15. The van der Waals surface area contributed by atoms with Crippen LogP contribution in [0.25, 0.3) is 121 Å². The molecule has 0 unspecified atom stereocenters. The first-order chi connectivity index (χ1) is 28.7. The van der Waals surface area contributed by atoms with Gasteiger partial charge in [-0.15, -0.1) is 0 Å². The van der Waals surface area contributed by atoms with Crippen molar-refractivity contribution in [2.75, 3.05) is 0 Å². The summed E-state index contributed by atoms with van der Waals surface area (Å²) in [5, 5.41) is 15.1. The van der Waals surface area contributed by atoms with Gasteiger partial charge in [0.15, 0.2) is 5.82 Å². The van der Waals surface area contributed by atoms with Crippen molar-refractivity contribution >= 4 is 64.6 Å². The smallest absolute Gasteiger partial charge is 0.160 e. The Morgan fingerprint density at radius 1 is 0.259 bits per heavy atom.